The minimum atomic E-state index is -0.0388. The van der Waals surface area contributed by atoms with E-state index in [1.807, 2.05) is 24.3 Å². The molecule has 0 unspecified atom stereocenters. The number of hydrogen-bond donors (Lipinski definition) is 1. The Kier molecular flexibility index (Phi) is 3.82. The molecule has 1 aromatic carbocycles. The molecule has 0 aliphatic rings. The average Bonchev–Trinajstić information content (AvgIpc) is 2.78. The second-order valence-corrected chi connectivity index (χ2v) is 5.70. The Hall–Kier alpha value is -1.61. The zero-order valence-corrected chi connectivity index (χ0v) is 11.7. The number of anilines is 1. The fourth-order valence-corrected chi connectivity index (χ4v) is 2.85. The van der Waals surface area contributed by atoms with Gasteiger partial charge in [0.2, 0.25) is 5.91 Å². The van der Waals surface area contributed by atoms with Gasteiger partial charge in [0.05, 0.1) is 0 Å². The molecule has 0 saturated carbocycles. The van der Waals surface area contributed by atoms with Crippen LogP contribution in [0.25, 0.3) is 10.4 Å². The standard InChI is InChI=1S/C15H17NOS/c1-10(2)14-8-9-15(18-14)12-6-4-5-7-13(12)16-11(3)17/h4-10H,1-3H3,(H,16,17). The van der Waals surface area contributed by atoms with E-state index in [9.17, 15) is 4.79 Å². The van der Waals surface area contributed by atoms with Crippen molar-refractivity contribution in [1.82, 2.24) is 0 Å². The number of rotatable bonds is 3. The van der Waals surface area contributed by atoms with Crippen LogP contribution in [-0.2, 0) is 4.79 Å². The predicted octanol–water partition coefficient (Wildman–Crippen LogP) is 4.50. The van der Waals surface area contributed by atoms with Crippen LogP contribution in [0.4, 0.5) is 5.69 Å². The molecule has 1 aromatic heterocycles. The number of carbonyl (C=O) groups is 1. The Bertz CT molecular complexity index is 557. The fraction of sp³-hybridized carbons (Fsp3) is 0.267. The lowest BCUT2D eigenvalue weighted by Crippen LogP contribution is -2.06. The molecule has 2 nitrogen and oxygen atoms in total. The van der Waals surface area contributed by atoms with Gasteiger partial charge in [-0.25, -0.2) is 0 Å². The van der Waals surface area contributed by atoms with Crippen LogP contribution in [0, 0.1) is 0 Å². The topological polar surface area (TPSA) is 29.1 Å². The maximum atomic E-state index is 11.2. The summed E-state index contributed by atoms with van der Waals surface area (Å²) < 4.78 is 0. The van der Waals surface area contributed by atoms with Gasteiger partial charge in [0.15, 0.2) is 0 Å². The van der Waals surface area contributed by atoms with Crippen molar-refractivity contribution < 1.29 is 4.79 Å². The molecule has 0 atom stereocenters. The van der Waals surface area contributed by atoms with Gasteiger partial charge in [0.1, 0.15) is 0 Å². The largest absolute Gasteiger partial charge is 0.326 e. The monoisotopic (exact) mass is 259 g/mol. The van der Waals surface area contributed by atoms with E-state index in [1.165, 1.54) is 16.7 Å². The molecule has 18 heavy (non-hydrogen) atoms. The van der Waals surface area contributed by atoms with Crippen LogP contribution < -0.4 is 5.32 Å². The summed E-state index contributed by atoms with van der Waals surface area (Å²) in [6.45, 7) is 5.91. The van der Waals surface area contributed by atoms with Crippen molar-refractivity contribution in [1.29, 1.82) is 0 Å². The first-order valence-electron chi connectivity index (χ1n) is 6.04. The van der Waals surface area contributed by atoms with Crippen molar-refractivity contribution in [3.63, 3.8) is 0 Å². The molecule has 2 rings (SSSR count). The van der Waals surface area contributed by atoms with E-state index in [2.05, 4.69) is 31.3 Å². The smallest absolute Gasteiger partial charge is 0.221 e. The van der Waals surface area contributed by atoms with Crippen molar-refractivity contribution in [2.75, 3.05) is 5.32 Å². The molecule has 0 aliphatic carbocycles. The first-order valence-corrected chi connectivity index (χ1v) is 6.86. The predicted molar refractivity (Wildman–Crippen MR) is 78.1 cm³/mol. The van der Waals surface area contributed by atoms with Crippen LogP contribution in [0.15, 0.2) is 36.4 Å². The Morgan fingerprint density at radius 3 is 2.50 bits per heavy atom. The van der Waals surface area contributed by atoms with E-state index in [0.29, 0.717) is 5.92 Å². The van der Waals surface area contributed by atoms with Crippen LogP contribution in [0.2, 0.25) is 0 Å². The molecule has 0 aliphatic heterocycles. The number of nitrogens with one attached hydrogen (secondary N) is 1. The van der Waals surface area contributed by atoms with Crippen molar-refractivity contribution in [2.45, 2.75) is 26.7 Å². The highest BCUT2D eigenvalue weighted by molar-refractivity contribution is 7.15. The summed E-state index contributed by atoms with van der Waals surface area (Å²) in [5.74, 6) is 0.500. The Morgan fingerprint density at radius 2 is 1.89 bits per heavy atom. The molecule has 94 valence electrons. The average molecular weight is 259 g/mol. The molecule has 3 heteroatoms. The van der Waals surface area contributed by atoms with Crippen LogP contribution in [-0.4, -0.2) is 5.91 Å². The van der Waals surface area contributed by atoms with Gasteiger partial charge < -0.3 is 5.32 Å². The third-order valence-corrected chi connectivity index (χ3v) is 4.12. The van der Waals surface area contributed by atoms with Crippen LogP contribution in [0.1, 0.15) is 31.6 Å². The van der Waals surface area contributed by atoms with Crippen molar-refractivity contribution in [3.05, 3.63) is 41.3 Å². The number of carbonyl (C=O) groups excluding carboxylic acids is 1. The summed E-state index contributed by atoms with van der Waals surface area (Å²) in [5.41, 5.74) is 1.96. The van der Waals surface area contributed by atoms with E-state index < -0.39 is 0 Å². The van der Waals surface area contributed by atoms with Gasteiger partial charge in [-0.3, -0.25) is 4.79 Å². The highest BCUT2D eigenvalue weighted by Gasteiger charge is 2.09. The third kappa shape index (κ3) is 2.79. The quantitative estimate of drug-likeness (QED) is 0.864. The number of para-hydroxylation sites is 1. The Morgan fingerprint density at radius 1 is 1.17 bits per heavy atom. The van der Waals surface area contributed by atoms with Gasteiger partial charge in [-0.1, -0.05) is 32.0 Å². The van der Waals surface area contributed by atoms with Gasteiger partial charge >= 0.3 is 0 Å². The van der Waals surface area contributed by atoms with Gasteiger partial charge in [-0.2, -0.15) is 0 Å². The maximum absolute atomic E-state index is 11.2. The zero-order chi connectivity index (χ0) is 13.1. The van der Waals surface area contributed by atoms with Gasteiger partial charge in [0.25, 0.3) is 0 Å². The number of hydrogen-bond acceptors (Lipinski definition) is 2. The lowest BCUT2D eigenvalue weighted by molar-refractivity contribution is -0.114. The summed E-state index contributed by atoms with van der Waals surface area (Å²) >= 11 is 1.78. The number of benzene rings is 1. The highest BCUT2D eigenvalue weighted by atomic mass is 32.1. The molecule has 1 heterocycles. The normalized spacial score (nSPS) is 10.7. The first-order chi connectivity index (χ1) is 8.58. The Labute approximate surface area is 112 Å². The van der Waals surface area contributed by atoms with Gasteiger partial charge in [-0.15, -0.1) is 11.3 Å². The van der Waals surface area contributed by atoms with E-state index in [0.717, 1.165) is 11.3 Å². The SMILES string of the molecule is CC(=O)Nc1ccccc1-c1ccc(C(C)C)s1. The molecule has 0 saturated heterocycles. The van der Waals surface area contributed by atoms with Crippen molar-refractivity contribution in [2.24, 2.45) is 0 Å². The first kappa shape index (κ1) is 12.8. The van der Waals surface area contributed by atoms with Crippen LogP contribution >= 0.6 is 11.3 Å². The lowest BCUT2D eigenvalue weighted by Gasteiger charge is -2.08. The van der Waals surface area contributed by atoms with Crippen molar-refractivity contribution >= 4 is 22.9 Å². The van der Waals surface area contributed by atoms with Crippen LogP contribution in [0.5, 0.6) is 0 Å². The van der Waals surface area contributed by atoms with E-state index in [1.54, 1.807) is 11.3 Å². The fourth-order valence-electron chi connectivity index (χ4n) is 1.80. The molecular weight excluding hydrogens is 242 g/mol. The molecule has 2 aromatic rings. The summed E-state index contributed by atoms with van der Waals surface area (Å²) in [4.78, 5) is 13.8. The summed E-state index contributed by atoms with van der Waals surface area (Å²) in [5, 5.41) is 2.88. The molecule has 0 bridgehead atoms. The van der Waals surface area contributed by atoms with E-state index >= 15 is 0 Å². The summed E-state index contributed by atoms with van der Waals surface area (Å²) in [6, 6.07) is 12.2. The second-order valence-electron chi connectivity index (χ2n) is 4.58. The zero-order valence-electron chi connectivity index (χ0n) is 10.9. The highest BCUT2D eigenvalue weighted by Crippen LogP contribution is 2.35. The summed E-state index contributed by atoms with van der Waals surface area (Å²) in [6.07, 6.45) is 0. The lowest BCUT2D eigenvalue weighted by atomic mass is 10.1. The molecule has 1 amide bonds. The molecule has 0 radical (unpaired) electrons. The molecule has 0 spiro atoms. The maximum Gasteiger partial charge on any atom is 0.221 e. The molecule has 1 N–H and O–H groups in total. The molecular formula is C15H17NOS. The molecule has 0 fully saturated rings. The van der Waals surface area contributed by atoms with Crippen LogP contribution in [0.3, 0.4) is 0 Å². The third-order valence-electron chi connectivity index (χ3n) is 2.70. The van der Waals surface area contributed by atoms with Gasteiger partial charge in [0, 0.05) is 27.9 Å². The minimum Gasteiger partial charge on any atom is -0.326 e. The van der Waals surface area contributed by atoms with Crippen molar-refractivity contribution in [3.8, 4) is 10.4 Å². The van der Waals surface area contributed by atoms with E-state index in [4.69, 9.17) is 0 Å². The van der Waals surface area contributed by atoms with Gasteiger partial charge in [-0.05, 0) is 24.1 Å². The summed E-state index contributed by atoms with van der Waals surface area (Å²) in [7, 11) is 0. The number of thiophene rings is 1. The number of amides is 1. The minimum absolute atomic E-state index is 0.0388. The van der Waals surface area contributed by atoms with E-state index in [-0.39, 0.29) is 5.91 Å². The second kappa shape index (κ2) is 5.36. The Balaban J connectivity index is 2.39.